The van der Waals surface area contributed by atoms with Gasteiger partial charge in [0.1, 0.15) is 16.7 Å². The molecule has 0 bridgehead atoms. The predicted molar refractivity (Wildman–Crippen MR) is 190 cm³/mol. The summed E-state index contributed by atoms with van der Waals surface area (Å²) >= 11 is 6.91. The second kappa shape index (κ2) is 16.3. The molecule has 0 aliphatic heterocycles. The van der Waals surface area contributed by atoms with Gasteiger partial charge in [0.05, 0.1) is 18.4 Å². The molecule has 3 N–H and O–H groups in total. The lowest BCUT2D eigenvalue weighted by atomic mass is 10.1. The third-order valence-electron chi connectivity index (χ3n) is 7.16. The number of anilines is 2. The van der Waals surface area contributed by atoms with Crippen molar-refractivity contribution >= 4 is 58.5 Å². The number of hydrogen-bond donors (Lipinski definition) is 3. The first-order valence-electron chi connectivity index (χ1n) is 15.0. The summed E-state index contributed by atoms with van der Waals surface area (Å²) in [6.45, 7) is 0. The molecule has 0 saturated heterocycles. The zero-order valence-corrected chi connectivity index (χ0v) is 27.9. The van der Waals surface area contributed by atoms with Crippen LogP contribution in [-0.2, 0) is 15.8 Å². The molecule has 0 saturated carbocycles. The van der Waals surface area contributed by atoms with Gasteiger partial charge in [-0.2, -0.15) is 13.2 Å². The van der Waals surface area contributed by atoms with Gasteiger partial charge < -0.3 is 20.7 Å². The summed E-state index contributed by atoms with van der Waals surface area (Å²) in [6, 6.07) is 33.7. The lowest BCUT2D eigenvalue weighted by molar-refractivity contribution is -0.137. The largest absolute Gasteiger partial charge is 0.497 e. The molecule has 7 nitrogen and oxygen atoms in total. The Bertz CT molecular complexity index is 2030. The Morgan fingerprint density at radius 1 is 0.800 bits per heavy atom. The number of rotatable bonds is 11. The van der Waals surface area contributed by atoms with Gasteiger partial charge in [-0.15, -0.1) is 11.8 Å². The lowest BCUT2D eigenvalue weighted by Crippen LogP contribution is -2.30. The fraction of sp³-hybridized carbons (Fsp3) is 0.0789. The van der Waals surface area contributed by atoms with Crippen LogP contribution < -0.4 is 20.7 Å². The van der Waals surface area contributed by atoms with Crippen LogP contribution in [0, 0.1) is 0 Å². The first-order valence-corrected chi connectivity index (χ1v) is 16.3. The standard InChI is InChI=1S/C38H29ClF3N3O4S/c1-49-29-16-8-10-24(20-29)21-33(45-35(46)26-13-6-3-7-14-26)36(47)43-28-15-9-17-30(23-28)50-34(25-11-4-2-5-12-25)37(48)44-32-19-18-27(39)22-31(32)38(40,41)42/h2-23,34H,1H3,(H,43,47)(H,44,48)(H,45,46)/b33-21-. The zero-order chi connectivity index (χ0) is 35.7. The molecule has 0 aliphatic carbocycles. The molecule has 12 heteroatoms. The summed E-state index contributed by atoms with van der Waals surface area (Å²) < 4.78 is 46.6. The van der Waals surface area contributed by atoms with E-state index in [-0.39, 0.29) is 10.7 Å². The smallest absolute Gasteiger partial charge is 0.418 e. The Labute approximate surface area is 295 Å². The molecule has 0 aliphatic rings. The van der Waals surface area contributed by atoms with Crippen LogP contribution in [0.2, 0.25) is 5.02 Å². The molecule has 1 unspecified atom stereocenters. The Balaban J connectivity index is 1.40. The van der Waals surface area contributed by atoms with E-state index in [1.807, 2.05) is 0 Å². The van der Waals surface area contributed by atoms with E-state index >= 15 is 0 Å². The first-order chi connectivity index (χ1) is 24.0. The van der Waals surface area contributed by atoms with Crippen molar-refractivity contribution < 1.29 is 32.3 Å². The minimum Gasteiger partial charge on any atom is -0.497 e. The fourth-order valence-electron chi connectivity index (χ4n) is 4.78. The van der Waals surface area contributed by atoms with Crippen LogP contribution in [0.25, 0.3) is 6.08 Å². The fourth-order valence-corrected chi connectivity index (χ4v) is 6.04. The van der Waals surface area contributed by atoms with E-state index in [2.05, 4.69) is 16.0 Å². The van der Waals surface area contributed by atoms with Crippen molar-refractivity contribution in [3.05, 3.63) is 160 Å². The van der Waals surface area contributed by atoms with Crippen LogP contribution in [0.1, 0.15) is 32.3 Å². The monoisotopic (exact) mass is 715 g/mol. The van der Waals surface area contributed by atoms with Crippen LogP contribution in [0.5, 0.6) is 5.75 Å². The summed E-state index contributed by atoms with van der Waals surface area (Å²) in [5.74, 6) is -1.26. The van der Waals surface area contributed by atoms with Crippen LogP contribution in [0.15, 0.2) is 138 Å². The van der Waals surface area contributed by atoms with E-state index in [9.17, 15) is 27.6 Å². The number of carbonyl (C=O) groups is 3. The summed E-state index contributed by atoms with van der Waals surface area (Å²) in [5.41, 5.74) is 0.281. The molecule has 3 amide bonds. The Hall–Kier alpha value is -5.52. The summed E-state index contributed by atoms with van der Waals surface area (Å²) in [7, 11) is 1.52. The van der Waals surface area contributed by atoms with Gasteiger partial charge in [-0.1, -0.05) is 78.3 Å². The highest BCUT2D eigenvalue weighted by molar-refractivity contribution is 8.00. The molecule has 1 atom stereocenters. The number of ether oxygens (including phenoxy) is 1. The van der Waals surface area contributed by atoms with Crippen molar-refractivity contribution in [3.8, 4) is 5.75 Å². The van der Waals surface area contributed by atoms with Gasteiger partial charge in [-0.05, 0) is 77.9 Å². The molecule has 5 aromatic rings. The number of benzene rings is 5. The van der Waals surface area contributed by atoms with Gasteiger partial charge in [0.25, 0.3) is 11.8 Å². The van der Waals surface area contributed by atoms with E-state index < -0.39 is 40.4 Å². The highest BCUT2D eigenvalue weighted by Crippen LogP contribution is 2.40. The molecule has 0 heterocycles. The van der Waals surface area contributed by atoms with Crippen molar-refractivity contribution in [1.29, 1.82) is 0 Å². The molecular weight excluding hydrogens is 687 g/mol. The van der Waals surface area contributed by atoms with Crippen molar-refractivity contribution in [3.63, 3.8) is 0 Å². The second-order valence-corrected chi connectivity index (χ2v) is 12.3. The van der Waals surface area contributed by atoms with Gasteiger partial charge >= 0.3 is 6.18 Å². The quantitative estimate of drug-likeness (QED) is 0.0936. The van der Waals surface area contributed by atoms with E-state index in [0.29, 0.717) is 33.0 Å². The first kappa shape index (κ1) is 35.8. The zero-order valence-electron chi connectivity index (χ0n) is 26.3. The minimum atomic E-state index is -4.75. The Kier molecular flexibility index (Phi) is 11.6. The van der Waals surface area contributed by atoms with Crippen LogP contribution >= 0.6 is 23.4 Å². The number of thioether (sulfide) groups is 1. The number of hydrogen-bond acceptors (Lipinski definition) is 5. The van der Waals surface area contributed by atoms with Crippen molar-refractivity contribution in [1.82, 2.24) is 5.32 Å². The number of alkyl halides is 3. The number of amides is 3. The highest BCUT2D eigenvalue weighted by atomic mass is 35.5. The van der Waals surface area contributed by atoms with E-state index in [0.717, 1.165) is 23.9 Å². The number of nitrogens with one attached hydrogen (secondary N) is 3. The number of carbonyl (C=O) groups excluding carboxylic acids is 3. The van der Waals surface area contributed by atoms with Crippen molar-refractivity contribution in [2.45, 2.75) is 16.3 Å². The molecule has 5 rings (SSSR count). The maximum Gasteiger partial charge on any atom is 0.418 e. The molecule has 0 aromatic heterocycles. The maximum absolute atomic E-state index is 13.8. The number of methoxy groups -OCH3 is 1. The molecule has 50 heavy (non-hydrogen) atoms. The van der Waals surface area contributed by atoms with Crippen LogP contribution in [0.3, 0.4) is 0 Å². The topological polar surface area (TPSA) is 96.5 Å². The predicted octanol–water partition coefficient (Wildman–Crippen LogP) is 9.25. The molecular formula is C38H29ClF3N3O4S. The lowest BCUT2D eigenvalue weighted by Gasteiger charge is -2.20. The van der Waals surface area contributed by atoms with Gasteiger partial charge in [0, 0.05) is 21.2 Å². The molecule has 0 spiro atoms. The maximum atomic E-state index is 13.8. The summed E-state index contributed by atoms with van der Waals surface area (Å²) in [5, 5.41) is 6.81. The number of halogens is 4. The second-order valence-electron chi connectivity index (χ2n) is 10.7. The van der Waals surface area contributed by atoms with E-state index in [1.54, 1.807) is 109 Å². The molecule has 254 valence electrons. The van der Waals surface area contributed by atoms with Crippen molar-refractivity contribution in [2.75, 3.05) is 17.7 Å². The Morgan fingerprint density at radius 3 is 2.20 bits per heavy atom. The van der Waals surface area contributed by atoms with Crippen molar-refractivity contribution in [2.24, 2.45) is 0 Å². The molecule has 0 fully saturated rings. The minimum absolute atomic E-state index is 0.0462. The van der Waals surface area contributed by atoms with Gasteiger partial charge in [-0.25, -0.2) is 0 Å². The Morgan fingerprint density at radius 2 is 1.50 bits per heavy atom. The molecule has 0 radical (unpaired) electrons. The van der Waals surface area contributed by atoms with Gasteiger partial charge in [0.15, 0.2) is 0 Å². The third kappa shape index (κ3) is 9.55. The summed E-state index contributed by atoms with van der Waals surface area (Å²) in [4.78, 5) is 40.8. The summed E-state index contributed by atoms with van der Waals surface area (Å²) in [6.07, 6.45) is -3.24. The SMILES string of the molecule is COc1cccc(/C=C(\NC(=O)c2ccccc2)C(=O)Nc2cccc(SC(C(=O)Nc3ccc(Cl)cc3C(F)(F)F)c3ccccc3)c2)c1. The van der Waals surface area contributed by atoms with E-state index in [4.69, 9.17) is 16.3 Å². The molecule has 5 aromatic carbocycles. The normalized spacial score (nSPS) is 12.1. The van der Waals surface area contributed by atoms with E-state index in [1.165, 1.54) is 19.3 Å². The highest BCUT2D eigenvalue weighted by Gasteiger charge is 2.35. The van der Waals surface area contributed by atoms with Crippen LogP contribution in [0.4, 0.5) is 24.5 Å². The average Bonchev–Trinajstić information content (AvgIpc) is 3.11. The third-order valence-corrected chi connectivity index (χ3v) is 8.65. The van der Waals surface area contributed by atoms with Gasteiger partial charge in [0.2, 0.25) is 5.91 Å². The average molecular weight is 716 g/mol. The van der Waals surface area contributed by atoms with Gasteiger partial charge in [-0.3, -0.25) is 14.4 Å². The van der Waals surface area contributed by atoms with Crippen LogP contribution in [-0.4, -0.2) is 24.8 Å².